The zero-order chi connectivity index (χ0) is 14.8. The molecule has 0 spiro atoms. The van der Waals surface area contributed by atoms with E-state index >= 15 is 0 Å². The molecule has 0 amide bonds. The molecule has 3 aromatic rings. The number of fused-ring (bicyclic) bond motifs is 1. The number of rotatable bonds is 3. The highest BCUT2D eigenvalue weighted by molar-refractivity contribution is 6.28. The second-order valence-electron chi connectivity index (χ2n) is 4.99. The van der Waals surface area contributed by atoms with Gasteiger partial charge in [-0.15, -0.1) is 0 Å². The van der Waals surface area contributed by atoms with E-state index in [1.54, 1.807) is 0 Å². The van der Waals surface area contributed by atoms with Gasteiger partial charge in [0, 0.05) is 11.1 Å². The van der Waals surface area contributed by atoms with Crippen LogP contribution < -0.4 is 5.32 Å². The lowest BCUT2D eigenvalue weighted by Gasteiger charge is -2.12. The fourth-order valence-corrected chi connectivity index (χ4v) is 2.48. The van der Waals surface area contributed by atoms with E-state index in [0.29, 0.717) is 0 Å². The highest BCUT2D eigenvalue weighted by Gasteiger charge is 2.08. The first kappa shape index (κ1) is 13.8. The van der Waals surface area contributed by atoms with Gasteiger partial charge in [-0.25, -0.2) is 4.98 Å². The Kier molecular flexibility index (Phi) is 3.76. The maximum absolute atomic E-state index is 6.04. The summed E-state index contributed by atoms with van der Waals surface area (Å²) in [5.74, 6) is 0.745. The van der Waals surface area contributed by atoms with Crippen LogP contribution in [0, 0.1) is 6.92 Å². The van der Waals surface area contributed by atoms with Crippen LogP contribution in [0.25, 0.3) is 10.9 Å². The van der Waals surface area contributed by atoms with E-state index in [9.17, 15) is 0 Å². The molecule has 3 nitrogen and oxygen atoms in total. The van der Waals surface area contributed by atoms with Crippen molar-refractivity contribution in [1.29, 1.82) is 0 Å². The highest BCUT2D eigenvalue weighted by Crippen LogP contribution is 2.27. The predicted octanol–water partition coefficient (Wildman–Crippen LogP) is 4.90. The molecule has 0 saturated heterocycles. The SMILES string of the molecule is CCc1ccc2nc(Cl)nc(Nc3ccccc3C)c2c1. The van der Waals surface area contributed by atoms with Gasteiger partial charge >= 0.3 is 0 Å². The lowest BCUT2D eigenvalue weighted by Crippen LogP contribution is -1.99. The summed E-state index contributed by atoms with van der Waals surface area (Å²) in [5.41, 5.74) is 4.28. The summed E-state index contributed by atoms with van der Waals surface area (Å²) in [6, 6.07) is 14.3. The van der Waals surface area contributed by atoms with Crippen molar-refractivity contribution in [2.45, 2.75) is 20.3 Å². The van der Waals surface area contributed by atoms with Gasteiger partial charge in [0.05, 0.1) is 5.52 Å². The van der Waals surface area contributed by atoms with Crippen molar-refractivity contribution in [1.82, 2.24) is 9.97 Å². The zero-order valence-corrected chi connectivity index (χ0v) is 12.8. The van der Waals surface area contributed by atoms with Crippen LogP contribution in [-0.4, -0.2) is 9.97 Å². The van der Waals surface area contributed by atoms with Crippen LogP contribution in [0.4, 0.5) is 11.5 Å². The van der Waals surface area contributed by atoms with Gasteiger partial charge in [0.25, 0.3) is 0 Å². The Morgan fingerprint density at radius 1 is 1.10 bits per heavy atom. The van der Waals surface area contributed by atoms with E-state index < -0.39 is 0 Å². The van der Waals surface area contributed by atoms with Crippen molar-refractivity contribution in [3.63, 3.8) is 0 Å². The van der Waals surface area contributed by atoms with Gasteiger partial charge in [-0.3, -0.25) is 0 Å². The van der Waals surface area contributed by atoms with E-state index in [-0.39, 0.29) is 5.28 Å². The third-order valence-electron chi connectivity index (χ3n) is 3.54. The largest absolute Gasteiger partial charge is 0.339 e. The molecule has 0 aliphatic carbocycles. The summed E-state index contributed by atoms with van der Waals surface area (Å²) in [4.78, 5) is 8.65. The van der Waals surface area contributed by atoms with E-state index in [2.05, 4.69) is 47.3 Å². The van der Waals surface area contributed by atoms with Crippen molar-refractivity contribution < 1.29 is 0 Å². The molecule has 0 aliphatic rings. The van der Waals surface area contributed by atoms with E-state index in [0.717, 1.165) is 34.4 Å². The minimum Gasteiger partial charge on any atom is -0.339 e. The summed E-state index contributed by atoms with van der Waals surface area (Å²) in [6.45, 7) is 4.19. The standard InChI is InChI=1S/C17H16ClN3/c1-3-12-8-9-15-13(10-12)16(21-17(18)20-15)19-14-7-5-4-6-11(14)2/h4-10H,3H2,1-2H3,(H,19,20,21). The van der Waals surface area contributed by atoms with Gasteiger partial charge in [-0.2, -0.15) is 4.98 Å². The number of hydrogen-bond donors (Lipinski definition) is 1. The van der Waals surface area contributed by atoms with E-state index in [1.807, 2.05) is 24.3 Å². The molecule has 0 unspecified atom stereocenters. The first-order chi connectivity index (χ1) is 10.2. The molecule has 0 aliphatic heterocycles. The number of anilines is 2. The van der Waals surface area contributed by atoms with Crippen LogP contribution >= 0.6 is 11.6 Å². The minimum absolute atomic E-state index is 0.253. The summed E-state index contributed by atoms with van der Waals surface area (Å²) >= 11 is 6.04. The Hall–Kier alpha value is -2.13. The molecule has 0 fully saturated rings. The van der Waals surface area contributed by atoms with Crippen LogP contribution in [-0.2, 0) is 6.42 Å². The second kappa shape index (κ2) is 5.70. The number of nitrogens with one attached hydrogen (secondary N) is 1. The summed E-state index contributed by atoms with van der Waals surface area (Å²) in [5, 5.41) is 4.61. The fourth-order valence-electron chi connectivity index (χ4n) is 2.30. The van der Waals surface area contributed by atoms with Crippen molar-refractivity contribution in [3.8, 4) is 0 Å². The molecule has 1 N–H and O–H groups in total. The molecule has 106 valence electrons. The van der Waals surface area contributed by atoms with Crippen molar-refractivity contribution in [2.24, 2.45) is 0 Å². The maximum Gasteiger partial charge on any atom is 0.224 e. The fraction of sp³-hybridized carbons (Fsp3) is 0.176. The first-order valence-corrected chi connectivity index (χ1v) is 7.34. The first-order valence-electron chi connectivity index (χ1n) is 6.96. The topological polar surface area (TPSA) is 37.8 Å². The smallest absolute Gasteiger partial charge is 0.224 e. The van der Waals surface area contributed by atoms with Crippen LogP contribution in [0.3, 0.4) is 0 Å². The van der Waals surface area contributed by atoms with Gasteiger partial charge in [-0.1, -0.05) is 31.2 Å². The number of hydrogen-bond acceptors (Lipinski definition) is 3. The zero-order valence-electron chi connectivity index (χ0n) is 12.0. The van der Waals surface area contributed by atoms with Crippen molar-refractivity contribution in [3.05, 3.63) is 58.9 Å². The number of halogens is 1. The average molecular weight is 298 g/mol. The normalized spacial score (nSPS) is 10.8. The van der Waals surface area contributed by atoms with Crippen molar-refractivity contribution >= 4 is 34.0 Å². The van der Waals surface area contributed by atoms with E-state index in [1.165, 1.54) is 5.56 Å². The van der Waals surface area contributed by atoms with Gasteiger partial charge in [0.2, 0.25) is 5.28 Å². The van der Waals surface area contributed by atoms with Crippen LogP contribution in [0.5, 0.6) is 0 Å². The summed E-state index contributed by atoms with van der Waals surface area (Å²) < 4.78 is 0. The van der Waals surface area contributed by atoms with Crippen LogP contribution in [0.1, 0.15) is 18.1 Å². The Bertz CT molecular complexity index is 799. The van der Waals surface area contributed by atoms with Crippen molar-refractivity contribution in [2.75, 3.05) is 5.32 Å². The molecule has 0 bridgehead atoms. The number of aromatic nitrogens is 2. The number of benzene rings is 2. The average Bonchev–Trinajstić information content (AvgIpc) is 2.49. The van der Waals surface area contributed by atoms with Gasteiger partial charge in [-0.05, 0) is 54.3 Å². The molecule has 1 heterocycles. The van der Waals surface area contributed by atoms with Gasteiger partial charge in [0.1, 0.15) is 5.82 Å². The second-order valence-corrected chi connectivity index (χ2v) is 5.32. The summed E-state index contributed by atoms with van der Waals surface area (Å²) in [7, 11) is 0. The molecular weight excluding hydrogens is 282 g/mol. The molecule has 1 aromatic heterocycles. The van der Waals surface area contributed by atoms with Gasteiger partial charge in [0.15, 0.2) is 0 Å². The molecule has 21 heavy (non-hydrogen) atoms. The maximum atomic E-state index is 6.04. The molecule has 0 atom stereocenters. The summed E-state index contributed by atoms with van der Waals surface area (Å²) in [6.07, 6.45) is 0.975. The van der Waals surface area contributed by atoms with Crippen LogP contribution in [0.15, 0.2) is 42.5 Å². The molecule has 0 saturated carbocycles. The lowest BCUT2D eigenvalue weighted by molar-refractivity contribution is 1.14. The Balaban J connectivity index is 2.14. The van der Waals surface area contributed by atoms with Crippen LogP contribution in [0.2, 0.25) is 5.28 Å². The molecule has 0 radical (unpaired) electrons. The monoisotopic (exact) mass is 297 g/mol. The Morgan fingerprint density at radius 2 is 1.90 bits per heavy atom. The Morgan fingerprint density at radius 3 is 2.67 bits per heavy atom. The minimum atomic E-state index is 0.253. The molecular formula is C17H16ClN3. The lowest BCUT2D eigenvalue weighted by atomic mass is 10.1. The van der Waals surface area contributed by atoms with E-state index in [4.69, 9.17) is 11.6 Å². The molecule has 2 aromatic carbocycles. The molecule has 4 heteroatoms. The third-order valence-corrected chi connectivity index (χ3v) is 3.71. The Labute approximate surface area is 129 Å². The number of nitrogens with zero attached hydrogens (tertiary/aromatic N) is 2. The number of aryl methyl sites for hydroxylation is 2. The third kappa shape index (κ3) is 2.83. The van der Waals surface area contributed by atoms with Gasteiger partial charge < -0.3 is 5.32 Å². The molecule has 3 rings (SSSR count). The number of para-hydroxylation sites is 1. The predicted molar refractivity (Wildman–Crippen MR) is 88.4 cm³/mol. The highest BCUT2D eigenvalue weighted by atomic mass is 35.5. The quantitative estimate of drug-likeness (QED) is 0.699.